The van der Waals surface area contributed by atoms with Gasteiger partial charge in [-0.15, -0.1) is 11.3 Å². The minimum Gasteiger partial charge on any atom is -0.351 e. The Kier molecular flexibility index (Phi) is 8.61. The number of piperidine rings is 1. The van der Waals surface area contributed by atoms with Crippen molar-refractivity contribution in [2.45, 2.75) is 75.7 Å². The van der Waals surface area contributed by atoms with E-state index in [1.165, 1.54) is 0 Å². The number of amides is 4. The van der Waals surface area contributed by atoms with Gasteiger partial charge < -0.3 is 25.3 Å². The molecule has 0 unspecified atom stereocenters. The smallest absolute Gasteiger partial charge is 0.254 e. The Morgan fingerprint density at radius 3 is 2.39 bits per heavy atom. The lowest BCUT2D eigenvalue weighted by Crippen LogP contribution is -2.54. The quantitative estimate of drug-likeness (QED) is 0.454. The van der Waals surface area contributed by atoms with E-state index >= 15 is 0 Å². The van der Waals surface area contributed by atoms with Crippen LogP contribution in [0.3, 0.4) is 0 Å². The maximum atomic E-state index is 14.6. The summed E-state index contributed by atoms with van der Waals surface area (Å²) in [7, 11) is 0. The second-order valence-corrected chi connectivity index (χ2v) is 14.2. The van der Waals surface area contributed by atoms with Crippen molar-refractivity contribution in [3.8, 4) is 0 Å². The highest BCUT2D eigenvalue weighted by atomic mass is 32.1. The third-order valence-electron chi connectivity index (χ3n) is 9.93. The molecule has 5 aliphatic heterocycles. The molecular formula is C35H40N6O4S. The van der Waals surface area contributed by atoms with E-state index in [-0.39, 0.29) is 55.0 Å². The molecule has 0 saturated carbocycles. The number of nitrogens with zero attached hydrogens (tertiary/aromatic N) is 4. The van der Waals surface area contributed by atoms with Crippen LogP contribution >= 0.6 is 11.3 Å². The predicted molar refractivity (Wildman–Crippen MR) is 174 cm³/mol. The van der Waals surface area contributed by atoms with Gasteiger partial charge in [0, 0.05) is 61.2 Å². The van der Waals surface area contributed by atoms with Gasteiger partial charge in [-0.25, -0.2) is 4.98 Å². The van der Waals surface area contributed by atoms with Gasteiger partial charge in [-0.3, -0.25) is 19.2 Å². The van der Waals surface area contributed by atoms with Crippen molar-refractivity contribution in [1.82, 2.24) is 30.3 Å². The normalized spacial score (nSPS) is 26.7. The first kappa shape index (κ1) is 30.6. The molecule has 1 aromatic heterocycles. The zero-order chi connectivity index (χ0) is 31.8. The van der Waals surface area contributed by atoms with Crippen LogP contribution in [0.15, 0.2) is 60.7 Å². The Hall–Kier alpha value is -4.09. The summed E-state index contributed by atoms with van der Waals surface area (Å²) in [6.45, 7) is 4.42. The van der Waals surface area contributed by atoms with E-state index in [9.17, 15) is 19.2 Å². The molecule has 8 rings (SSSR count). The van der Waals surface area contributed by atoms with Crippen molar-refractivity contribution < 1.29 is 19.2 Å². The van der Waals surface area contributed by atoms with Crippen LogP contribution < -0.4 is 10.6 Å². The van der Waals surface area contributed by atoms with Crippen LogP contribution in [0.2, 0.25) is 0 Å². The molecular weight excluding hydrogens is 600 g/mol. The molecule has 2 N–H and O–H groups in total. The average Bonchev–Trinajstić information content (AvgIpc) is 3.80. The molecule has 3 saturated heterocycles. The molecule has 6 bridgehead atoms. The lowest BCUT2D eigenvalue weighted by atomic mass is 9.96. The fourth-order valence-electron chi connectivity index (χ4n) is 7.43. The van der Waals surface area contributed by atoms with Crippen molar-refractivity contribution in [1.29, 1.82) is 0 Å². The van der Waals surface area contributed by atoms with Crippen LogP contribution in [-0.4, -0.2) is 93.7 Å². The Morgan fingerprint density at radius 2 is 1.65 bits per heavy atom. The van der Waals surface area contributed by atoms with Gasteiger partial charge in [0.2, 0.25) is 17.7 Å². The highest BCUT2D eigenvalue weighted by Gasteiger charge is 2.48. The number of benzene rings is 2. The van der Waals surface area contributed by atoms with E-state index in [4.69, 9.17) is 4.98 Å². The topological polar surface area (TPSA) is 115 Å². The zero-order valence-corrected chi connectivity index (χ0v) is 26.9. The summed E-state index contributed by atoms with van der Waals surface area (Å²) in [6.07, 6.45) is 2.54. The molecule has 10 nitrogen and oxygen atoms in total. The lowest BCUT2D eigenvalue weighted by Gasteiger charge is -2.36. The van der Waals surface area contributed by atoms with E-state index in [2.05, 4.69) is 22.8 Å². The Morgan fingerprint density at radius 1 is 0.935 bits per heavy atom. The van der Waals surface area contributed by atoms with Gasteiger partial charge in [0.05, 0.1) is 17.1 Å². The summed E-state index contributed by atoms with van der Waals surface area (Å²) >= 11 is 1.65. The zero-order valence-electron chi connectivity index (χ0n) is 26.1. The van der Waals surface area contributed by atoms with E-state index in [1.54, 1.807) is 45.4 Å². The number of fused-ring (bicyclic) bond motifs is 4. The van der Waals surface area contributed by atoms with E-state index in [1.807, 2.05) is 36.1 Å². The van der Waals surface area contributed by atoms with Gasteiger partial charge in [-0.2, -0.15) is 0 Å². The van der Waals surface area contributed by atoms with Crippen molar-refractivity contribution in [2.75, 3.05) is 26.2 Å². The molecule has 0 radical (unpaired) electrons. The molecule has 6 heterocycles. The van der Waals surface area contributed by atoms with Crippen molar-refractivity contribution in [2.24, 2.45) is 0 Å². The maximum Gasteiger partial charge on any atom is 0.254 e. The van der Waals surface area contributed by atoms with Gasteiger partial charge in [0.1, 0.15) is 12.1 Å². The molecule has 3 aromatic rings. The average molecular weight is 641 g/mol. The first-order valence-corrected chi connectivity index (χ1v) is 17.1. The molecule has 240 valence electrons. The van der Waals surface area contributed by atoms with Crippen LogP contribution in [0, 0.1) is 6.92 Å². The third kappa shape index (κ3) is 6.18. The summed E-state index contributed by atoms with van der Waals surface area (Å²) in [6, 6.07) is 17.1. The number of hydrogen-bond acceptors (Lipinski definition) is 7. The minimum absolute atomic E-state index is 0.0279. The van der Waals surface area contributed by atoms with Gasteiger partial charge in [0.15, 0.2) is 0 Å². The minimum atomic E-state index is -0.796. The summed E-state index contributed by atoms with van der Waals surface area (Å²) in [4.78, 5) is 67.1. The van der Waals surface area contributed by atoms with Gasteiger partial charge in [-0.1, -0.05) is 48.5 Å². The van der Waals surface area contributed by atoms with Gasteiger partial charge in [0.25, 0.3) is 5.91 Å². The Bertz CT molecular complexity index is 1610. The standard InChI is InChI=1S/C35H40N6O4S/c1-22-28-18-31(42)37-27-17-30(40(21-27)33(43)25-10-6-3-7-11-25)35(45)41-20-26(36-19-23-8-4-2-5-9-23)16-29(41)34(44)39-14-12-24(13-15-39)32(38-28)46-22/h2-11,24,26-27,29-30,36H,12-21H2,1H3,(H,37,42)/t26-,27-,29-,30-/m0/s1. The number of nitrogens with one attached hydrogen (secondary N) is 2. The molecule has 46 heavy (non-hydrogen) atoms. The summed E-state index contributed by atoms with van der Waals surface area (Å²) in [5, 5.41) is 7.72. The molecule has 0 aliphatic carbocycles. The molecule has 11 heteroatoms. The van der Waals surface area contributed by atoms with Crippen LogP contribution in [0.25, 0.3) is 0 Å². The Labute approximate surface area is 273 Å². The number of aromatic nitrogens is 1. The molecule has 4 amide bonds. The number of rotatable bonds is 4. The van der Waals surface area contributed by atoms with Crippen LogP contribution in [0.5, 0.6) is 0 Å². The number of hydrogen-bond donors (Lipinski definition) is 2. The highest BCUT2D eigenvalue weighted by molar-refractivity contribution is 7.11. The second kappa shape index (κ2) is 13.0. The van der Waals surface area contributed by atoms with Crippen molar-refractivity contribution >= 4 is 35.0 Å². The largest absolute Gasteiger partial charge is 0.351 e. The van der Waals surface area contributed by atoms with E-state index < -0.39 is 18.1 Å². The third-order valence-corrected chi connectivity index (χ3v) is 11.1. The lowest BCUT2D eigenvalue weighted by molar-refractivity contribution is -0.146. The van der Waals surface area contributed by atoms with Crippen LogP contribution in [-0.2, 0) is 27.3 Å². The first-order valence-electron chi connectivity index (χ1n) is 16.3. The van der Waals surface area contributed by atoms with Crippen LogP contribution in [0.1, 0.15) is 63.1 Å². The molecule has 0 spiro atoms. The van der Waals surface area contributed by atoms with Gasteiger partial charge in [-0.05, 0) is 50.3 Å². The summed E-state index contributed by atoms with van der Waals surface area (Å²) in [5.41, 5.74) is 2.39. The van der Waals surface area contributed by atoms with E-state index in [0.717, 1.165) is 34.0 Å². The summed E-state index contributed by atoms with van der Waals surface area (Å²) < 4.78 is 0. The van der Waals surface area contributed by atoms with Crippen molar-refractivity contribution in [3.63, 3.8) is 0 Å². The maximum absolute atomic E-state index is 14.6. The van der Waals surface area contributed by atoms with E-state index in [0.29, 0.717) is 38.2 Å². The predicted octanol–water partition coefficient (Wildman–Crippen LogP) is 2.87. The first-order chi connectivity index (χ1) is 22.3. The SMILES string of the molecule is Cc1sc2nc1CC(=O)N[C@H]1C[C@@H](C(=O)N3C[C@@H](NCc4ccccc4)C[C@H]3C(=O)N3CCC2CC3)N(C(=O)c2ccccc2)C1. The fraction of sp³-hybridized carbons (Fsp3) is 0.457. The number of carbonyl (C=O) groups excluding carboxylic acids is 4. The highest BCUT2D eigenvalue weighted by Crippen LogP contribution is 2.34. The Balaban J connectivity index is 1.20. The molecule has 5 aliphatic rings. The summed E-state index contributed by atoms with van der Waals surface area (Å²) in [5.74, 6) is -0.436. The number of carbonyl (C=O) groups is 4. The van der Waals surface area contributed by atoms with Crippen LogP contribution in [0.4, 0.5) is 0 Å². The van der Waals surface area contributed by atoms with Gasteiger partial charge >= 0.3 is 0 Å². The molecule has 2 aromatic carbocycles. The number of aryl methyl sites for hydroxylation is 1. The fourth-order valence-corrected chi connectivity index (χ4v) is 8.54. The molecule has 4 atom stereocenters. The second-order valence-electron chi connectivity index (χ2n) is 13.0. The van der Waals surface area contributed by atoms with Crippen molar-refractivity contribution in [3.05, 3.63) is 87.4 Å². The number of likely N-dealkylation sites (tertiary alicyclic amines) is 1. The number of thiazole rings is 1. The molecule has 3 fully saturated rings. The monoisotopic (exact) mass is 640 g/mol.